The third kappa shape index (κ3) is 3.03. The molecule has 0 aliphatic rings. The van der Waals surface area contributed by atoms with Crippen molar-refractivity contribution >= 4 is 29.5 Å². The molecule has 3 nitrogen and oxygen atoms in total. The van der Waals surface area contributed by atoms with E-state index in [1.165, 1.54) is 11.8 Å². The fourth-order valence-corrected chi connectivity index (χ4v) is 2.18. The molecule has 0 aromatic carbocycles. The highest BCUT2D eigenvalue weighted by molar-refractivity contribution is 7.99. The van der Waals surface area contributed by atoms with Gasteiger partial charge in [0, 0.05) is 5.25 Å². The normalized spacial score (nSPS) is 15.5. The third-order valence-electron chi connectivity index (χ3n) is 2.73. The van der Waals surface area contributed by atoms with Gasteiger partial charge < -0.3 is 0 Å². The fourth-order valence-electron chi connectivity index (χ4n) is 1.51. The molecule has 2 unspecified atom stereocenters. The Kier molecular flexibility index (Phi) is 4.77. The molecule has 1 aromatic heterocycles. The molecular weight excluding hydrogens is 285 g/mol. The lowest BCUT2D eigenvalue weighted by molar-refractivity contribution is -0.145. The minimum Gasteiger partial charge on any atom is -0.282 e. The molecule has 0 saturated carbocycles. The van der Waals surface area contributed by atoms with Gasteiger partial charge in [-0.25, -0.2) is 0 Å². The molecule has 0 saturated heterocycles. The van der Waals surface area contributed by atoms with Crippen LogP contribution in [0.3, 0.4) is 0 Å². The number of alkyl halides is 3. The maximum atomic E-state index is 13.0. The second kappa shape index (κ2) is 5.56. The highest BCUT2D eigenvalue weighted by Crippen LogP contribution is 2.35. The molecule has 8 heteroatoms. The molecule has 18 heavy (non-hydrogen) atoms. The molecule has 0 spiro atoms. The van der Waals surface area contributed by atoms with E-state index in [1.54, 1.807) is 13.8 Å². The number of halogens is 3. The molecule has 0 aliphatic carbocycles. The van der Waals surface area contributed by atoms with Gasteiger partial charge in [-0.1, -0.05) is 6.92 Å². The molecule has 0 aliphatic heterocycles. The topological polar surface area (TPSA) is 34.9 Å². The number of carbonyl (C=O) groups is 1. The molecule has 1 heterocycles. The van der Waals surface area contributed by atoms with Crippen LogP contribution >= 0.6 is 24.4 Å². The van der Waals surface area contributed by atoms with Crippen molar-refractivity contribution in [2.24, 2.45) is 0 Å². The van der Waals surface area contributed by atoms with Crippen molar-refractivity contribution in [3.05, 3.63) is 17.5 Å². The number of thioether (sulfide) groups is 1. The summed E-state index contributed by atoms with van der Waals surface area (Å²) in [4.78, 5) is 11.1. The zero-order valence-corrected chi connectivity index (χ0v) is 11.7. The van der Waals surface area contributed by atoms with E-state index >= 15 is 0 Å². The Balaban J connectivity index is 3.34. The smallest absolute Gasteiger partial charge is 0.282 e. The Hall–Kier alpha value is -0.630. The van der Waals surface area contributed by atoms with Gasteiger partial charge in [-0.3, -0.25) is 9.48 Å². The number of carbonyl (C=O) groups excluding carboxylic acids is 1. The van der Waals surface area contributed by atoms with Crippen molar-refractivity contribution in [2.45, 2.75) is 31.3 Å². The third-order valence-corrected chi connectivity index (χ3v) is 4.11. The van der Waals surface area contributed by atoms with Crippen molar-refractivity contribution in [3.63, 3.8) is 0 Å². The van der Waals surface area contributed by atoms with E-state index in [1.807, 2.05) is 6.26 Å². The van der Waals surface area contributed by atoms with Crippen LogP contribution in [0.25, 0.3) is 0 Å². The number of rotatable bonds is 4. The van der Waals surface area contributed by atoms with Gasteiger partial charge in [-0.15, -0.1) is 12.6 Å². The molecule has 0 radical (unpaired) electrons. The average molecular weight is 298 g/mol. The summed E-state index contributed by atoms with van der Waals surface area (Å²) in [6.07, 6.45) is -1.90. The Morgan fingerprint density at radius 1 is 1.50 bits per heavy atom. The molecule has 1 rings (SSSR count). The number of aromatic nitrogens is 2. The predicted molar refractivity (Wildman–Crippen MR) is 68.2 cm³/mol. The van der Waals surface area contributed by atoms with Crippen LogP contribution in [0.5, 0.6) is 0 Å². The van der Waals surface area contributed by atoms with E-state index < -0.39 is 28.6 Å². The lowest BCUT2D eigenvalue weighted by Gasteiger charge is -2.22. The minimum atomic E-state index is -4.63. The Labute approximate surface area is 113 Å². The van der Waals surface area contributed by atoms with Gasteiger partial charge >= 0.3 is 6.18 Å². The Bertz CT molecular complexity index is 445. The number of thiol groups is 1. The van der Waals surface area contributed by atoms with E-state index in [4.69, 9.17) is 0 Å². The van der Waals surface area contributed by atoms with Gasteiger partial charge in [0.15, 0.2) is 5.69 Å². The fraction of sp³-hybridized carbons (Fsp3) is 0.600. The van der Waals surface area contributed by atoms with Crippen LogP contribution < -0.4 is 0 Å². The SMILES string of the molecule is CSC(C)C(C)n1ncc(C(=O)S)c1C(F)(F)F. The summed E-state index contributed by atoms with van der Waals surface area (Å²) >= 11 is 4.88. The molecule has 102 valence electrons. The standard InChI is InChI=1S/C10H13F3N2OS2/c1-5(6(2)18-3)15-8(10(11,12)13)7(4-14-15)9(16)17/h4-6H,1-3H3,(H,16,17). The first-order valence-corrected chi connectivity index (χ1v) is 6.84. The van der Waals surface area contributed by atoms with Crippen molar-refractivity contribution in [1.82, 2.24) is 9.78 Å². The molecule has 0 bridgehead atoms. The highest BCUT2D eigenvalue weighted by atomic mass is 32.2. The van der Waals surface area contributed by atoms with Gasteiger partial charge in [0.2, 0.25) is 5.12 Å². The van der Waals surface area contributed by atoms with Crippen LogP contribution in [0.15, 0.2) is 6.20 Å². The number of hydrogen-bond acceptors (Lipinski definition) is 3. The van der Waals surface area contributed by atoms with Crippen LogP contribution in [0.1, 0.15) is 35.9 Å². The minimum absolute atomic E-state index is 0.0612. The van der Waals surface area contributed by atoms with Gasteiger partial charge in [0.25, 0.3) is 0 Å². The first kappa shape index (κ1) is 15.4. The zero-order chi connectivity index (χ0) is 14.1. The van der Waals surface area contributed by atoms with Crippen LogP contribution in [-0.4, -0.2) is 26.4 Å². The molecule has 2 atom stereocenters. The summed E-state index contributed by atoms with van der Waals surface area (Å²) in [6, 6.07) is -0.474. The summed E-state index contributed by atoms with van der Waals surface area (Å²) in [5, 5.41) is 2.69. The summed E-state index contributed by atoms with van der Waals surface area (Å²) in [6.45, 7) is 3.44. The predicted octanol–water partition coefficient (Wildman–Crippen LogP) is 3.28. The lowest BCUT2D eigenvalue weighted by Crippen LogP contribution is -2.24. The largest absolute Gasteiger partial charge is 0.433 e. The average Bonchev–Trinajstić information content (AvgIpc) is 2.71. The van der Waals surface area contributed by atoms with E-state index in [0.29, 0.717) is 0 Å². The van der Waals surface area contributed by atoms with Gasteiger partial charge in [-0.05, 0) is 13.2 Å². The highest BCUT2D eigenvalue weighted by Gasteiger charge is 2.41. The van der Waals surface area contributed by atoms with E-state index in [2.05, 4.69) is 17.7 Å². The maximum Gasteiger partial charge on any atom is 0.433 e. The van der Waals surface area contributed by atoms with Crippen molar-refractivity contribution in [1.29, 1.82) is 0 Å². The number of hydrogen-bond donors (Lipinski definition) is 1. The Morgan fingerprint density at radius 2 is 2.06 bits per heavy atom. The summed E-state index contributed by atoms with van der Waals surface area (Å²) in [5.41, 5.74) is -1.54. The van der Waals surface area contributed by atoms with Gasteiger partial charge in [0.1, 0.15) is 0 Å². The summed E-state index contributed by atoms with van der Waals surface area (Å²) < 4.78 is 39.8. The molecule has 0 N–H and O–H groups in total. The van der Waals surface area contributed by atoms with Crippen LogP contribution in [-0.2, 0) is 6.18 Å². The number of nitrogens with zero attached hydrogens (tertiary/aromatic N) is 2. The van der Waals surface area contributed by atoms with Crippen molar-refractivity contribution in [2.75, 3.05) is 6.26 Å². The van der Waals surface area contributed by atoms with Gasteiger partial charge in [-0.2, -0.15) is 30.0 Å². The van der Waals surface area contributed by atoms with E-state index in [-0.39, 0.29) is 5.25 Å². The first-order valence-electron chi connectivity index (χ1n) is 5.11. The van der Waals surface area contributed by atoms with Crippen molar-refractivity contribution < 1.29 is 18.0 Å². The summed E-state index contributed by atoms with van der Waals surface area (Å²) in [7, 11) is 0. The van der Waals surface area contributed by atoms with Gasteiger partial charge in [0.05, 0.1) is 17.8 Å². The Morgan fingerprint density at radius 3 is 2.44 bits per heavy atom. The van der Waals surface area contributed by atoms with Crippen LogP contribution in [0.2, 0.25) is 0 Å². The van der Waals surface area contributed by atoms with Crippen LogP contribution in [0, 0.1) is 0 Å². The summed E-state index contributed by atoms with van der Waals surface area (Å²) in [5.74, 6) is 0. The van der Waals surface area contributed by atoms with E-state index in [0.717, 1.165) is 10.9 Å². The maximum absolute atomic E-state index is 13.0. The van der Waals surface area contributed by atoms with Crippen LogP contribution in [0.4, 0.5) is 13.2 Å². The van der Waals surface area contributed by atoms with E-state index in [9.17, 15) is 18.0 Å². The zero-order valence-electron chi connectivity index (χ0n) is 10.0. The molecular formula is C10H13F3N2OS2. The monoisotopic (exact) mass is 298 g/mol. The second-order valence-corrected chi connectivity index (χ2v) is 5.46. The second-order valence-electron chi connectivity index (χ2n) is 3.84. The lowest BCUT2D eigenvalue weighted by atomic mass is 10.2. The quantitative estimate of drug-likeness (QED) is 0.866. The van der Waals surface area contributed by atoms with Crippen molar-refractivity contribution in [3.8, 4) is 0 Å². The molecule has 0 amide bonds. The molecule has 1 aromatic rings. The first-order chi connectivity index (χ1) is 8.20. The molecule has 0 fully saturated rings.